The quantitative estimate of drug-likeness (QED) is 0.0726. The Bertz CT molecular complexity index is 3560. The van der Waals surface area contributed by atoms with E-state index >= 15 is 0 Å². The number of nitro groups is 1. The first-order valence-corrected chi connectivity index (χ1v) is 30.9. The molecule has 2 aromatic heterocycles. The van der Waals surface area contributed by atoms with E-state index in [-0.39, 0.29) is 70.8 Å². The molecule has 8 heterocycles. The monoisotopic (exact) mass is 1170 g/mol. The fourth-order valence-corrected chi connectivity index (χ4v) is 15.1. The van der Waals surface area contributed by atoms with E-state index in [1.807, 2.05) is 57.2 Å². The van der Waals surface area contributed by atoms with Gasteiger partial charge in [0.1, 0.15) is 35.6 Å². The number of rotatable bonds is 13. The summed E-state index contributed by atoms with van der Waals surface area (Å²) < 4.78 is 76.6. The second kappa shape index (κ2) is 22.3. The maximum absolute atomic E-state index is 14.9. The van der Waals surface area contributed by atoms with Gasteiger partial charge in [-0.1, -0.05) is 35.9 Å². The van der Waals surface area contributed by atoms with Crippen LogP contribution in [0.4, 0.5) is 32.8 Å². The van der Waals surface area contributed by atoms with Crippen molar-refractivity contribution < 1.29 is 46.2 Å². The van der Waals surface area contributed by atoms with Gasteiger partial charge in [-0.3, -0.25) is 24.7 Å². The maximum atomic E-state index is 14.9. The van der Waals surface area contributed by atoms with Crippen molar-refractivity contribution in [1.82, 2.24) is 24.5 Å². The summed E-state index contributed by atoms with van der Waals surface area (Å²) in [4.78, 5) is 44.0. The van der Waals surface area contributed by atoms with E-state index in [4.69, 9.17) is 40.3 Å². The Morgan fingerprint density at radius 2 is 1.76 bits per heavy atom. The van der Waals surface area contributed by atoms with Crippen LogP contribution in [0.15, 0.2) is 90.0 Å². The van der Waals surface area contributed by atoms with Gasteiger partial charge < -0.3 is 43.8 Å². The fraction of sp³-hybridized carbons (Fsp3) is 0.475. The molecule has 1 aliphatic carbocycles. The van der Waals surface area contributed by atoms with E-state index in [0.29, 0.717) is 61.7 Å². The van der Waals surface area contributed by atoms with Gasteiger partial charge >= 0.3 is 0 Å². The number of carbonyl (C=O) groups excluding carboxylic acids is 1. The van der Waals surface area contributed by atoms with Crippen molar-refractivity contribution in [2.24, 2.45) is 11.3 Å². The molecule has 83 heavy (non-hydrogen) atoms. The number of aromatic nitrogens is 2. The van der Waals surface area contributed by atoms with Crippen LogP contribution in [0, 0.1) is 34.2 Å². The summed E-state index contributed by atoms with van der Waals surface area (Å²) in [5.41, 5.74) is 5.21. The first-order valence-electron chi connectivity index (χ1n) is 29.0. The van der Waals surface area contributed by atoms with Crippen LogP contribution in [-0.2, 0) is 26.0 Å². The fourth-order valence-electron chi connectivity index (χ4n) is 14.0. The highest BCUT2D eigenvalue weighted by Crippen LogP contribution is 2.54. The van der Waals surface area contributed by atoms with E-state index in [0.717, 1.165) is 111 Å². The lowest BCUT2D eigenvalue weighted by Crippen LogP contribution is -2.59. The Morgan fingerprint density at radius 1 is 0.964 bits per heavy atom. The Hall–Kier alpha value is -6.75. The molecule has 3 N–H and O–H groups in total. The number of H-pyrrole nitrogens is 1. The first-order chi connectivity index (χ1) is 40.1. The number of nitrogens with zero attached hydrogens (tertiary/aromatic N) is 6. The number of carbonyl (C=O) groups is 1. The average Bonchev–Trinajstić information content (AvgIpc) is 2.02. The molecule has 1 saturated carbocycles. The van der Waals surface area contributed by atoms with Gasteiger partial charge in [0.15, 0.2) is 11.4 Å². The molecule has 0 unspecified atom stereocenters. The molecule has 6 aromatic rings. The zero-order chi connectivity index (χ0) is 57.3. The smallest absolute Gasteiger partial charge is 0.297 e. The molecular formula is C61H69ClFN9O10S. The van der Waals surface area contributed by atoms with Crippen LogP contribution in [-0.4, -0.2) is 135 Å². The van der Waals surface area contributed by atoms with Crippen molar-refractivity contribution in [3.05, 3.63) is 128 Å². The highest BCUT2D eigenvalue weighted by molar-refractivity contribution is 7.90. The van der Waals surface area contributed by atoms with Gasteiger partial charge in [0.2, 0.25) is 5.88 Å². The summed E-state index contributed by atoms with van der Waals surface area (Å²) in [5, 5.41) is 16.9. The molecule has 0 bridgehead atoms. The molecule has 22 heteroatoms. The molecule has 0 radical (unpaired) electrons. The third-order valence-corrected chi connectivity index (χ3v) is 20.1. The topological polar surface area (TPSA) is 206 Å². The molecule has 4 atom stereocenters. The number of hydrogen-bond donors (Lipinski definition) is 3. The Morgan fingerprint density at radius 3 is 2.54 bits per heavy atom. The molecule has 4 aromatic carbocycles. The summed E-state index contributed by atoms with van der Waals surface area (Å²) in [7, 11) is -4.73. The number of aromatic amines is 1. The third kappa shape index (κ3) is 10.8. The van der Waals surface area contributed by atoms with Crippen LogP contribution < -0.4 is 34.0 Å². The van der Waals surface area contributed by atoms with Crippen LogP contribution >= 0.6 is 11.6 Å². The zero-order valence-corrected chi connectivity index (χ0v) is 48.4. The number of aryl methyl sites for hydroxylation is 1. The molecular weight excluding hydrogens is 1110 g/mol. The predicted molar refractivity (Wildman–Crippen MR) is 312 cm³/mol. The third-order valence-electron chi connectivity index (χ3n) is 18.3. The molecule has 1 spiro atoms. The summed E-state index contributed by atoms with van der Waals surface area (Å²) >= 11 is 6.23. The number of pyridine rings is 1. The number of halogens is 2. The second-order valence-corrected chi connectivity index (χ2v) is 25.9. The van der Waals surface area contributed by atoms with Gasteiger partial charge in [0, 0.05) is 100 Å². The number of piperidine rings is 1. The van der Waals surface area contributed by atoms with Gasteiger partial charge in [-0.05, 0) is 131 Å². The SMILES string of the molecule is Cc1cc(CN2CCN(C3CC4(CCN(c5ccc(C(=O)NS(=O)(=O)c6cc7c(c([N+](=O)[O-])c6)N[C@H](C6CCOCC6)CO7)c(N6c7cc8cc[nH]c8nc7O[C@H]7COCC[C@@H]76)c5)CC4)C3)[C@H](c3ccccc3OC(C)C)C2)cc(F)c1Cl. The largest absolute Gasteiger partial charge is 0.491 e. The van der Waals surface area contributed by atoms with Crippen LogP contribution in [0.1, 0.15) is 91.9 Å². The zero-order valence-electron chi connectivity index (χ0n) is 46.8. The van der Waals surface area contributed by atoms with Crippen LogP contribution in [0.25, 0.3) is 11.0 Å². The van der Waals surface area contributed by atoms with Gasteiger partial charge in [-0.15, -0.1) is 0 Å². The maximum Gasteiger partial charge on any atom is 0.297 e. The van der Waals surface area contributed by atoms with E-state index in [9.17, 15) is 27.7 Å². The first kappa shape index (κ1) is 55.4. The van der Waals surface area contributed by atoms with Gasteiger partial charge in [0.05, 0.1) is 56.9 Å². The number of anilines is 4. The van der Waals surface area contributed by atoms with Crippen molar-refractivity contribution in [1.29, 1.82) is 0 Å². The predicted octanol–water partition coefficient (Wildman–Crippen LogP) is 10.1. The van der Waals surface area contributed by atoms with Crippen LogP contribution in [0.5, 0.6) is 17.4 Å². The Labute approximate surface area is 486 Å². The number of piperazine rings is 1. The van der Waals surface area contributed by atoms with Crippen LogP contribution in [0.2, 0.25) is 5.02 Å². The molecule has 1 amide bonds. The van der Waals surface area contributed by atoms with E-state index < -0.39 is 43.4 Å². The van der Waals surface area contributed by atoms with Gasteiger partial charge in [0.25, 0.3) is 21.6 Å². The van der Waals surface area contributed by atoms with Crippen LogP contribution in [0.3, 0.4) is 0 Å². The molecule has 438 valence electrons. The lowest BCUT2D eigenvalue weighted by molar-refractivity contribution is -0.384. The molecule has 4 saturated heterocycles. The minimum Gasteiger partial charge on any atom is -0.491 e. The average molecular weight is 1170 g/mol. The van der Waals surface area contributed by atoms with Crippen molar-refractivity contribution in [2.75, 3.05) is 80.9 Å². The molecule has 7 aliphatic rings. The lowest BCUT2D eigenvalue weighted by atomic mass is 9.59. The number of para-hydroxylation sites is 1. The number of benzene rings is 4. The minimum absolute atomic E-state index is 0.00154. The molecule has 6 aliphatic heterocycles. The number of nitro benzene ring substituents is 1. The number of amides is 1. The standard InChI is InChI=1S/C61H69ClFN9O10S/c1-36(2)81-53-7-5-4-6-44(53)52-33-68(32-38-24-37(3)56(62)46(63)25-38)19-20-70(52)42-30-61(31-42)14-17-69(18-15-61)41-8-9-45(49(27-41)71-48-13-23-79-35-55(48)82-60-51(71)26-40-10-16-64-58(40)66-60)59(73)67-83(76,77)43-28-50(72(74)75)57-54(29-43)80-34-47(65-57)39-11-21-78-22-12-39/h4-10,16,24-29,36,39,42,47-48,52,55,65H,11-15,17-23,30-35H2,1-3H3,(H,64,66)(H,67,73)/t47-,48-,52-,55-/m0/s1. The van der Waals surface area contributed by atoms with E-state index in [2.05, 4.69) is 52.8 Å². The highest BCUT2D eigenvalue weighted by Gasteiger charge is 2.51. The van der Waals surface area contributed by atoms with Crippen molar-refractivity contribution in [2.45, 2.75) is 114 Å². The number of hydrogen-bond acceptors (Lipinski definition) is 16. The number of nitrogens with one attached hydrogen (secondary N) is 3. The molecule has 13 rings (SSSR count). The van der Waals surface area contributed by atoms with E-state index in [1.165, 1.54) is 6.07 Å². The summed E-state index contributed by atoms with van der Waals surface area (Å²) in [6.45, 7) is 12.6. The second-order valence-electron chi connectivity index (χ2n) is 23.9. The normalized spacial score (nSPS) is 23.1. The Kier molecular flexibility index (Phi) is 14.9. The molecule has 5 fully saturated rings. The lowest BCUT2D eigenvalue weighted by Gasteiger charge is -2.58. The van der Waals surface area contributed by atoms with Gasteiger partial charge in [-0.2, -0.15) is 4.98 Å². The van der Waals surface area contributed by atoms with Crippen molar-refractivity contribution >= 4 is 67.0 Å². The Balaban J connectivity index is 0.773. The van der Waals surface area contributed by atoms with Crippen molar-refractivity contribution in [3.63, 3.8) is 0 Å². The summed E-state index contributed by atoms with van der Waals surface area (Å²) in [6.07, 6.45) is 7.41. The van der Waals surface area contributed by atoms with Crippen molar-refractivity contribution in [3.8, 4) is 17.4 Å². The van der Waals surface area contributed by atoms with Gasteiger partial charge in [-0.25, -0.2) is 17.5 Å². The number of fused-ring (bicyclic) bond motifs is 4. The van der Waals surface area contributed by atoms with E-state index in [1.54, 1.807) is 18.3 Å². The summed E-state index contributed by atoms with van der Waals surface area (Å²) in [5.74, 6) is 0.0861. The minimum atomic E-state index is -4.73. The highest BCUT2D eigenvalue weighted by atomic mass is 35.5. The number of ether oxygens (including phenoxy) is 5. The summed E-state index contributed by atoms with van der Waals surface area (Å²) in [6, 6.07) is 23.4. The number of sulfonamides is 1. The molecule has 19 nitrogen and oxygen atoms in total.